The molecule has 22 heavy (non-hydrogen) atoms. The zero-order chi connectivity index (χ0) is 16.4. The first-order valence-corrected chi connectivity index (χ1v) is 8.18. The van der Waals surface area contributed by atoms with E-state index in [4.69, 9.17) is 4.74 Å². The van der Waals surface area contributed by atoms with Crippen LogP contribution in [0.2, 0.25) is 0 Å². The van der Waals surface area contributed by atoms with Crippen LogP contribution in [0.25, 0.3) is 0 Å². The number of unbranched alkanes of at least 4 members (excludes halogenated alkanes) is 1. The average Bonchev–Trinajstić information content (AvgIpc) is 2.50. The van der Waals surface area contributed by atoms with Crippen LogP contribution in [0.15, 0.2) is 30.3 Å². The molecule has 1 amide bonds. The minimum absolute atomic E-state index is 0.242. The molecule has 1 rings (SSSR count). The van der Waals surface area contributed by atoms with E-state index >= 15 is 0 Å². The molecule has 0 radical (unpaired) electrons. The number of carbonyl (C=O) groups excluding carboxylic acids is 1. The second-order valence-corrected chi connectivity index (χ2v) is 6.15. The normalized spacial score (nSPS) is 13.7. The lowest BCUT2D eigenvalue weighted by atomic mass is 9.96. The Kier molecular flexibility index (Phi) is 8.60. The van der Waals surface area contributed by atoms with Crippen molar-refractivity contribution in [2.45, 2.75) is 65.2 Å². The molecule has 0 aliphatic rings. The predicted molar refractivity (Wildman–Crippen MR) is 88.5 cm³/mol. The molecule has 1 aromatic rings. The van der Waals surface area contributed by atoms with E-state index in [0.29, 0.717) is 12.3 Å². The first-order valence-electron chi connectivity index (χ1n) is 8.18. The van der Waals surface area contributed by atoms with Crippen molar-refractivity contribution in [1.82, 2.24) is 5.32 Å². The fraction of sp³-hybridized carbons (Fsp3) is 0.611. The van der Waals surface area contributed by atoms with Crippen molar-refractivity contribution < 1.29 is 14.6 Å². The summed E-state index contributed by atoms with van der Waals surface area (Å²) in [5.41, 5.74) is 0.949. The number of ether oxygens (including phenoxy) is 1. The van der Waals surface area contributed by atoms with Crippen molar-refractivity contribution in [3.63, 3.8) is 0 Å². The molecule has 0 saturated carbocycles. The summed E-state index contributed by atoms with van der Waals surface area (Å²) in [6, 6.07) is 9.31. The molecule has 0 spiro atoms. The van der Waals surface area contributed by atoms with Gasteiger partial charge in [0.2, 0.25) is 0 Å². The summed E-state index contributed by atoms with van der Waals surface area (Å²) in [6.45, 7) is 6.49. The van der Waals surface area contributed by atoms with E-state index in [0.717, 1.165) is 24.8 Å². The molecule has 2 N–H and O–H groups in total. The summed E-state index contributed by atoms with van der Waals surface area (Å²) < 4.78 is 5.23. The summed E-state index contributed by atoms with van der Waals surface area (Å²) >= 11 is 0. The molecule has 4 nitrogen and oxygen atoms in total. The van der Waals surface area contributed by atoms with Crippen LogP contribution in [-0.2, 0) is 11.3 Å². The lowest BCUT2D eigenvalue weighted by Gasteiger charge is -2.25. The Morgan fingerprint density at radius 2 is 1.95 bits per heavy atom. The van der Waals surface area contributed by atoms with Crippen LogP contribution in [0, 0.1) is 5.92 Å². The van der Waals surface area contributed by atoms with Crippen molar-refractivity contribution in [1.29, 1.82) is 0 Å². The minimum atomic E-state index is -0.522. The van der Waals surface area contributed by atoms with Crippen LogP contribution < -0.4 is 5.32 Å². The number of benzene rings is 1. The quantitative estimate of drug-likeness (QED) is 0.728. The second kappa shape index (κ2) is 10.2. The first-order chi connectivity index (χ1) is 10.5. The summed E-state index contributed by atoms with van der Waals surface area (Å²) in [7, 11) is 0. The highest BCUT2D eigenvalue weighted by Crippen LogP contribution is 2.13. The number of hydrogen-bond acceptors (Lipinski definition) is 3. The van der Waals surface area contributed by atoms with Gasteiger partial charge in [0.25, 0.3) is 0 Å². The van der Waals surface area contributed by atoms with Crippen LogP contribution in [0.1, 0.15) is 52.0 Å². The molecule has 0 aliphatic carbocycles. The number of hydrogen-bond donors (Lipinski definition) is 2. The van der Waals surface area contributed by atoms with Crippen LogP contribution in [0.3, 0.4) is 0 Å². The molecule has 0 aliphatic heterocycles. The molecular weight excluding hydrogens is 278 g/mol. The molecule has 0 unspecified atom stereocenters. The summed E-state index contributed by atoms with van der Waals surface area (Å²) in [6.07, 6.45) is 2.44. The Labute approximate surface area is 133 Å². The van der Waals surface area contributed by atoms with Gasteiger partial charge in [-0.1, -0.05) is 63.9 Å². The monoisotopic (exact) mass is 307 g/mol. The van der Waals surface area contributed by atoms with E-state index in [9.17, 15) is 9.90 Å². The maximum absolute atomic E-state index is 11.9. The number of rotatable bonds is 9. The van der Waals surface area contributed by atoms with Crippen LogP contribution in [-0.4, -0.2) is 23.3 Å². The summed E-state index contributed by atoms with van der Waals surface area (Å²) in [4.78, 5) is 11.9. The average molecular weight is 307 g/mol. The Hall–Kier alpha value is -1.55. The van der Waals surface area contributed by atoms with Gasteiger partial charge in [-0.15, -0.1) is 0 Å². The van der Waals surface area contributed by atoms with Crippen molar-refractivity contribution >= 4 is 6.09 Å². The predicted octanol–water partition coefficient (Wildman–Crippen LogP) is 3.88. The SMILES string of the molecule is CCCC[C@H](O)[C@H](CC(C)C)NC(=O)OCc1ccccc1. The van der Waals surface area contributed by atoms with Gasteiger partial charge in [0, 0.05) is 0 Å². The molecule has 0 saturated heterocycles. The zero-order valence-corrected chi connectivity index (χ0v) is 13.9. The van der Waals surface area contributed by atoms with E-state index in [1.54, 1.807) is 0 Å². The third-order valence-electron chi connectivity index (χ3n) is 3.56. The summed E-state index contributed by atoms with van der Waals surface area (Å²) in [5, 5.41) is 13.1. The molecule has 124 valence electrons. The van der Waals surface area contributed by atoms with E-state index in [-0.39, 0.29) is 12.6 Å². The third-order valence-corrected chi connectivity index (χ3v) is 3.56. The van der Waals surface area contributed by atoms with Gasteiger partial charge in [-0.05, 0) is 24.3 Å². The molecule has 4 heteroatoms. The van der Waals surface area contributed by atoms with E-state index < -0.39 is 12.2 Å². The molecule has 0 bridgehead atoms. The van der Waals surface area contributed by atoms with Crippen molar-refractivity contribution in [2.24, 2.45) is 5.92 Å². The molecule has 0 aromatic heterocycles. The smallest absolute Gasteiger partial charge is 0.407 e. The van der Waals surface area contributed by atoms with Crippen LogP contribution in [0.5, 0.6) is 0 Å². The van der Waals surface area contributed by atoms with Gasteiger partial charge in [-0.2, -0.15) is 0 Å². The zero-order valence-electron chi connectivity index (χ0n) is 13.9. The second-order valence-electron chi connectivity index (χ2n) is 6.15. The Morgan fingerprint density at radius 3 is 2.55 bits per heavy atom. The van der Waals surface area contributed by atoms with E-state index in [2.05, 4.69) is 26.1 Å². The van der Waals surface area contributed by atoms with Gasteiger partial charge in [-0.3, -0.25) is 0 Å². The third kappa shape index (κ3) is 7.46. The molecule has 2 atom stereocenters. The Balaban J connectivity index is 2.47. The molecule has 0 heterocycles. The number of nitrogens with one attached hydrogen (secondary N) is 1. The Bertz CT molecular complexity index is 420. The van der Waals surface area contributed by atoms with Crippen molar-refractivity contribution in [3.8, 4) is 0 Å². The maximum Gasteiger partial charge on any atom is 0.407 e. The fourth-order valence-corrected chi connectivity index (χ4v) is 2.35. The van der Waals surface area contributed by atoms with E-state index in [1.165, 1.54) is 0 Å². The van der Waals surface area contributed by atoms with E-state index in [1.807, 2.05) is 30.3 Å². The van der Waals surface area contributed by atoms with Crippen LogP contribution in [0.4, 0.5) is 4.79 Å². The highest BCUT2D eigenvalue weighted by atomic mass is 16.5. The number of carbonyl (C=O) groups is 1. The number of aliphatic hydroxyl groups is 1. The summed E-state index contributed by atoms with van der Waals surface area (Å²) in [5.74, 6) is 0.399. The highest BCUT2D eigenvalue weighted by molar-refractivity contribution is 5.67. The lowest BCUT2D eigenvalue weighted by molar-refractivity contribution is 0.0880. The molecule has 1 aromatic carbocycles. The number of aliphatic hydroxyl groups excluding tert-OH is 1. The molecular formula is C18H29NO3. The number of alkyl carbamates (subject to hydrolysis) is 1. The van der Waals surface area contributed by atoms with Gasteiger partial charge >= 0.3 is 6.09 Å². The van der Waals surface area contributed by atoms with Gasteiger partial charge in [-0.25, -0.2) is 4.79 Å². The van der Waals surface area contributed by atoms with Crippen molar-refractivity contribution in [2.75, 3.05) is 0 Å². The lowest BCUT2D eigenvalue weighted by Crippen LogP contribution is -2.44. The van der Waals surface area contributed by atoms with Gasteiger partial charge in [0.05, 0.1) is 12.1 Å². The molecule has 0 fully saturated rings. The first kappa shape index (κ1) is 18.5. The van der Waals surface area contributed by atoms with Crippen LogP contribution >= 0.6 is 0 Å². The largest absolute Gasteiger partial charge is 0.445 e. The van der Waals surface area contributed by atoms with Gasteiger partial charge in [0.1, 0.15) is 6.61 Å². The standard InChI is InChI=1S/C18H29NO3/c1-4-5-11-17(20)16(12-14(2)3)19-18(21)22-13-15-9-7-6-8-10-15/h6-10,14,16-17,20H,4-5,11-13H2,1-3H3,(H,19,21)/t16-,17-/m0/s1. The topological polar surface area (TPSA) is 58.6 Å². The Morgan fingerprint density at radius 1 is 1.27 bits per heavy atom. The minimum Gasteiger partial charge on any atom is -0.445 e. The van der Waals surface area contributed by atoms with Gasteiger partial charge in [0.15, 0.2) is 0 Å². The fourth-order valence-electron chi connectivity index (χ4n) is 2.35. The van der Waals surface area contributed by atoms with Gasteiger partial charge < -0.3 is 15.2 Å². The highest BCUT2D eigenvalue weighted by Gasteiger charge is 2.22. The van der Waals surface area contributed by atoms with Crippen molar-refractivity contribution in [3.05, 3.63) is 35.9 Å². The maximum atomic E-state index is 11.9. The number of amides is 1.